The fourth-order valence-electron chi connectivity index (χ4n) is 5.00. The van der Waals surface area contributed by atoms with Crippen molar-refractivity contribution in [3.8, 4) is 17.2 Å². The number of piperidine rings is 1. The molecule has 3 aromatic rings. The molecule has 0 saturated carbocycles. The van der Waals surface area contributed by atoms with Gasteiger partial charge in [0.1, 0.15) is 23.4 Å². The molecule has 0 atom stereocenters. The molecule has 2 N–H and O–H groups in total. The number of unbranched alkanes of at least 4 members (excludes halogenated alkanes) is 4. The first-order chi connectivity index (χ1) is 22.5. The Bertz CT molecular complexity index is 1310. The van der Waals surface area contributed by atoms with Crippen LogP contribution in [0.15, 0.2) is 84.9 Å². The van der Waals surface area contributed by atoms with Gasteiger partial charge in [-0.2, -0.15) is 0 Å². The Labute approximate surface area is 271 Å². The van der Waals surface area contributed by atoms with E-state index in [4.69, 9.17) is 18.9 Å². The van der Waals surface area contributed by atoms with E-state index in [-0.39, 0.29) is 12.2 Å². The van der Waals surface area contributed by atoms with Crippen molar-refractivity contribution in [1.29, 1.82) is 0 Å². The molecule has 1 aliphatic heterocycles. The van der Waals surface area contributed by atoms with Gasteiger partial charge in [-0.15, -0.1) is 0 Å². The van der Waals surface area contributed by atoms with Gasteiger partial charge in [-0.1, -0.05) is 55.0 Å². The number of nitrogens with one attached hydrogen (secondary N) is 2. The molecule has 1 heterocycles. The van der Waals surface area contributed by atoms with Crippen molar-refractivity contribution in [2.75, 3.05) is 32.8 Å². The maximum Gasteiger partial charge on any atom is 0.412 e. The van der Waals surface area contributed by atoms with Gasteiger partial charge in [-0.3, -0.25) is 0 Å². The van der Waals surface area contributed by atoms with Crippen LogP contribution in [0.3, 0.4) is 0 Å². The van der Waals surface area contributed by atoms with Crippen molar-refractivity contribution < 1.29 is 33.3 Å². The lowest BCUT2D eigenvalue weighted by Gasteiger charge is -2.31. The van der Waals surface area contributed by atoms with E-state index in [0.717, 1.165) is 50.7 Å². The van der Waals surface area contributed by atoms with Crippen LogP contribution in [-0.4, -0.2) is 62.1 Å². The summed E-state index contributed by atoms with van der Waals surface area (Å²) in [4.78, 5) is 38.3. The largest absolute Gasteiger partial charge is 0.457 e. The van der Waals surface area contributed by atoms with Gasteiger partial charge in [0.05, 0.1) is 6.61 Å². The van der Waals surface area contributed by atoms with Gasteiger partial charge in [-0.05, 0) is 80.5 Å². The van der Waals surface area contributed by atoms with Gasteiger partial charge >= 0.3 is 18.3 Å². The molecule has 3 aromatic carbocycles. The van der Waals surface area contributed by atoms with Crippen LogP contribution in [0.5, 0.6) is 17.2 Å². The number of carbonyl (C=O) groups is 3. The molecule has 0 aromatic heterocycles. The minimum absolute atomic E-state index is 0.195. The van der Waals surface area contributed by atoms with E-state index in [1.165, 1.54) is 5.56 Å². The molecule has 3 amide bonds. The SMILES string of the molecule is O=C(NCCCCCCOC(=O)N1CCC(OC(=O)NCCCCc2ccccc2)CC1)Oc1ccc(Oc2ccccc2)cc1. The Balaban J connectivity index is 0.949. The number of rotatable bonds is 16. The summed E-state index contributed by atoms with van der Waals surface area (Å²) >= 11 is 0. The fraction of sp³-hybridized carbons (Fsp3) is 0.417. The molecular formula is C36H45N3O7. The topological polar surface area (TPSA) is 115 Å². The van der Waals surface area contributed by atoms with Crippen molar-refractivity contribution in [3.63, 3.8) is 0 Å². The van der Waals surface area contributed by atoms with Crippen LogP contribution < -0.4 is 20.1 Å². The fourth-order valence-corrected chi connectivity index (χ4v) is 5.00. The van der Waals surface area contributed by atoms with Gasteiger partial charge in [0.15, 0.2) is 0 Å². The lowest BCUT2D eigenvalue weighted by Crippen LogP contribution is -2.42. The number of para-hydroxylation sites is 1. The number of aryl methyl sites for hydroxylation is 1. The molecule has 10 heteroatoms. The first-order valence-electron chi connectivity index (χ1n) is 16.2. The highest BCUT2D eigenvalue weighted by molar-refractivity contribution is 5.70. The maximum absolute atomic E-state index is 12.4. The van der Waals surface area contributed by atoms with Crippen molar-refractivity contribution in [2.45, 2.75) is 63.9 Å². The van der Waals surface area contributed by atoms with Crippen LogP contribution in [0.25, 0.3) is 0 Å². The molecule has 0 unspecified atom stereocenters. The third-order valence-electron chi connectivity index (χ3n) is 7.56. The summed E-state index contributed by atoms with van der Waals surface area (Å²) in [6.45, 7) is 2.43. The quantitative estimate of drug-likeness (QED) is 0.158. The number of hydrogen-bond donors (Lipinski definition) is 2. The van der Waals surface area contributed by atoms with E-state index in [2.05, 4.69) is 22.8 Å². The molecule has 46 heavy (non-hydrogen) atoms. The van der Waals surface area contributed by atoms with Gasteiger partial charge < -0.3 is 34.5 Å². The lowest BCUT2D eigenvalue weighted by atomic mass is 10.1. The van der Waals surface area contributed by atoms with Gasteiger partial charge in [-0.25, -0.2) is 14.4 Å². The van der Waals surface area contributed by atoms with Crippen molar-refractivity contribution >= 4 is 18.3 Å². The standard InChI is InChI=1S/C36H45N3O7/c40-34(45-32-20-18-31(19-21-32)44-30-16-7-4-8-17-30)37-24-10-1-2-12-28-43-36(42)39-26-22-33(23-27-39)46-35(41)38-25-11-9-15-29-13-5-3-6-14-29/h3-8,13-14,16-21,33H,1-2,9-12,15,22-28H2,(H,37,40)(H,38,41). The van der Waals surface area contributed by atoms with Crippen molar-refractivity contribution in [2.24, 2.45) is 0 Å². The minimum Gasteiger partial charge on any atom is -0.457 e. The first kappa shape index (κ1) is 34.1. The highest BCUT2D eigenvalue weighted by atomic mass is 16.6. The Hall–Kier alpha value is -4.73. The van der Waals surface area contributed by atoms with Crippen molar-refractivity contribution in [1.82, 2.24) is 15.5 Å². The van der Waals surface area contributed by atoms with Crippen LogP contribution >= 0.6 is 0 Å². The summed E-state index contributed by atoms with van der Waals surface area (Å²) < 4.78 is 22.0. The summed E-state index contributed by atoms with van der Waals surface area (Å²) in [7, 11) is 0. The number of alkyl carbamates (subject to hydrolysis) is 1. The van der Waals surface area contributed by atoms with Gasteiger partial charge in [0.25, 0.3) is 0 Å². The van der Waals surface area contributed by atoms with Crippen LogP contribution in [0.1, 0.15) is 56.9 Å². The number of likely N-dealkylation sites (tertiary alicyclic amines) is 1. The van der Waals surface area contributed by atoms with Crippen LogP contribution in [-0.2, 0) is 15.9 Å². The van der Waals surface area contributed by atoms with Gasteiger partial charge in [0.2, 0.25) is 0 Å². The molecule has 0 spiro atoms. The summed E-state index contributed by atoms with van der Waals surface area (Å²) in [5.41, 5.74) is 1.30. The Morgan fingerprint density at radius 1 is 0.652 bits per heavy atom. The van der Waals surface area contributed by atoms with Crippen LogP contribution in [0, 0.1) is 0 Å². The summed E-state index contributed by atoms with van der Waals surface area (Å²) in [5.74, 6) is 1.82. The molecule has 0 bridgehead atoms. The molecule has 1 aliphatic rings. The normalized spacial score (nSPS) is 13.0. The Kier molecular flexibility index (Phi) is 14.6. The van der Waals surface area contributed by atoms with E-state index in [1.807, 2.05) is 48.5 Å². The second kappa shape index (κ2) is 19.6. The molecule has 4 rings (SSSR count). The predicted octanol–water partition coefficient (Wildman–Crippen LogP) is 7.48. The van der Waals surface area contributed by atoms with Crippen molar-refractivity contribution in [3.05, 3.63) is 90.5 Å². The van der Waals surface area contributed by atoms with E-state index in [9.17, 15) is 14.4 Å². The molecule has 10 nitrogen and oxygen atoms in total. The van der Waals surface area contributed by atoms with Gasteiger partial charge in [0, 0.05) is 39.0 Å². The molecule has 1 saturated heterocycles. The zero-order valence-electron chi connectivity index (χ0n) is 26.4. The first-order valence-corrected chi connectivity index (χ1v) is 16.2. The molecule has 1 fully saturated rings. The highest BCUT2D eigenvalue weighted by Gasteiger charge is 2.26. The molecule has 0 radical (unpaired) electrons. The smallest absolute Gasteiger partial charge is 0.412 e. The molecular weight excluding hydrogens is 586 g/mol. The second-order valence-corrected chi connectivity index (χ2v) is 11.2. The average molecular weight is 632 g/mol. The van der Waals surface area contributed by atoms with E-state index < -0.39 is 12.2 Å². The molecule has 246 valence electrons. The number of ether oxygens (including phenoxy) is 4. The Morgan fingerprint density at radius 2 is 1.24 bits per heavy atom. The number of amides is 3. The number of nitrogens with zero attached hydrogens (tertiary/aromatic N) is 1. The summed E-state index contributed by atoms with van der Waals surface area (Å²) in [6, 6.07) is 26.6. The van der Waals surface area contributed by atoms with E-state index >= 15 is 0 Å². The minimum atomic E-state index is -0.505. The zero-order valence-corrected chi connectivity index (χ0v) is 26.4. The highest BCUT2D eigenvalue weighted by Crippen LogP contribution is 2.23. The maximum atomic E-state index is 12.4. The monoisotopic (exact) mass is 631 g/mol. The summed E-state index contributed by atoms with van der Waals surface area (Å²) in [5, 5.41) is 5.58. The van der Waals surface area contributed by atoms with Crippen LogP contribution in [0.2, 0.25) is 0 Å². The Morgan fingerprint density at radius 3 is 1.96 bits per heavy atom. The third kappa shape index (κ3) is 13.1. The molecule has 0 aliphatic carbocycles. The lowest BCUT2D eigenvalue weighted by molar-refractivity contribution is 0.0417. The number of hydrogen-bond acceptors (Lipinski definition) is 7. The van der Waals surface area contributed by atoms with E-state index in [1.54, 1.807) is 29.2 Å². The zero-order chi connectivity index (χ0) is 32.2. The summed E-state index contributed by atoms with van der Waals surface area (Å²) in [6.07, 6.45) is 5.97. The second-order valence-electron chi connectivity index (χ2n) is 11.2. The third-order valence-corrected chi connectivity index (χ3v) is 7.56. The van der Waals surface area contributed by atoms with Crippen LogP contribution in [0.4, 0.5) is 14.4 Å². The average Bonchev–Trinajstić information content (AvgIpc) is 3.08. The predicted molar refractivity (Wildman–Crippen MR) is 175 cm³/mol. The number of benzene rings is 3. The number of carbonyl (C=O) groups excluding carboxylic acids is 3. The van der Waals surface area contributed by atoms with E-state index in [0.29, 0.717) is 57.1 Å².